The third-order valence-corrected chi connectivity index (χ3v) is 2.82. The number of hydrogen-bond donors (Lipinski definition) is 1. The average Bonchev–Trinajstić information content (AvgIpc) is 2.48. The van der Waals surface area contributed by atoms with E-state index in [1.807, 2.05) is 0 Å². The summed E-state index contributed by atoms with van der Waals surface area (Å²) in [6.07, 6.45) is 5.16. The van der Waals surface area contributed by atoms with E-state index in [4.69, 9.17) is 4.74 Å². The van der Waals surface area contributed by atoms with Crippen LogP contribution in [0.25, 0.3) is 0 Å². The van der Waals surface area contributed by atoms with E-state index < -0.39 is 0 Å². The number of nitrogens with zero attached hydrogens (tertiary/aromatic N) is 2. The summed E-state index contributed by atoms with van der Waals surface area (Å²) >= 11 is 0. The number of benzene rings is 1. The SMILES string of the molecule is CCCCOc1ccc(F)cc1CNc1ccncn1. The Hall–Kier alpha value is -2.17. The zero-order valence-corrected chi connectivity index (χ0v) is 11.5. The van der Waals surface area contributed by atoms with Crippen molar-refractivity contribution in [2.24, 2.45) is 0 Å². The van der Waals surface area contributed by atoms with E-state index in [-0.39, 0.29) is 5.82 Å². The topological polar surface area (TPSA) is 47.0 Å². The maximum atomic E-state index is 13.4. The van der Waals surface area contributed by atoms with Gasteiger partial charge >= 0.3 is 0 Å². The van der Waals surface area contributed by atoms with Crippen LogP contribution in [0.3, 0.4) is 0 Å². The van der Waals surface area contributed by atoms with Gasteiger partial charge in [0.05, 0.1) is 6.61 Å². The molecule has 0 bridgehead atoms. The zero-order valence-electron chi connectivity index (χ0n) is 11.5. The first kappa shape index (κ1) is 14.2. The van der Waals surface area contributed by atoms with Gasteiger partial charge in [-0.25, -0.2) is 14.4 Å². The van der Waals surface area contributed by atoms with E-state index in [1.165, 1.54) is 18.5 Å². The summed E-state index contributed by atoms with van der Waals surface area (Å²) in [5, 5.41) is 3.12. The molecule has 1 aromatic carbocycles. The van der Waals surface area contributed by atoms with E-state index in [2.05, 4.69) is 22.2 Å². The highest BCUT2D eigenvalue weighted by molar-refractivity contribution is 5.39. The van der Waals surface area contributed by atoms with Gasteiger partial charge in [-0.2, -0.15) is 0 Å². The van der Waals surface area contributed by atoms with Crippen molar-refractivity contribution in [2.45, 2.75) is 26.3 Å². The lowest BCUT2D eigenvalue weighted by molar-refractivity contribution is 0.306. The Bertz CT molecular complexity index is 534. The van der Waals surface area contributed by atoms with Crippen molar-refractivity contribution >= 4 is 5.82 Å². The van der Waals surface area contributed by atoms with Crippen LogP contribution in [0.4, 0.5) is 10.2 Å². The predicted molar refractivity (Wildman–Crippen MR) is 76.2 cm³/mol. The molecule has 2 aromatic rings. The second-order valence-electron chi connectivity index (χ2n) is 4.40. The summed E-state index contributed by atoms with van der Waals surface area (Å²) in [4.78, 5) is 7.91. The van der Waals surface area contributed by atoms with Crippen LogP contribution in [0.2, 0.25) is 0 Å². The van der Waals surface area contributed by atoms with Crippen molar-refractivity contribution < 1.29 is 9.13 Å². The number of hydrogen-bond acceptors (Lipinski definition) is 4. The molecule has 2 rings (SSSR count). The van der Waals surface area contributed by atoms with Gasteiger partial charge in [0.25, 0.3) is 0 Å². The summed E-state index contributed by atoms with van der Waals surface area (Å²) < 4.78 is 19.0. The molecule has 1 N–H and O–H groups in total. The summed E-state index contributed by atoms with van der Waals surface area (Å²) in [7, 11) is 0. The average molecular weight is 275 g/mol. The minimum atomic E-state index is -0.271. The van der Waals surface area contributed by atoms with Gasteiger partial charge in [0, 0.05) is 18.3 Å². The first-order valence-corrected chi connectivity index (χ1v) is 6.70. The molecule has 0 aliphatic heterocycles. The number of unbranched alkanes of at least 4 members (excludes halogenated alkanes) is 1. The number of halogens is 1. The van der Waals surface area contributed by atoms with Crippen LogP contribution >= 0.6 is 0 Å². The molecule has 0 atom stereocenters. The molecule has 20 heavy (non-hydrogen) atoms. The normalized spacial score (nSPS) is 10.3. The first-order valence-electron chi connectivity index (χ1n) is 6.70. The fraction of sp³-hybridized carbons (Fsp3) is 0.333. The van der Waals surface area contributed by atoms with Crippen LogP contribution in [0.1, 0.15) is 25.3 Å². The van der Waals surface area contributed by atoms with Crippen molar-refractivity contribution in [1.29, 1.82) is 0 Å². The molecule has 4 nitrogen and oxygen atoms in total. The van der Waals surface area contributed by atoms with Crippen LogP contribution in [0.15, 0.2) is 36.8 Å². The Labute approximate surface area is 118 Å². The lowest BCUT2D eigenvalue weighted by Gasteiger charge is -2.12. The van der Waals surface area contributed by atoms with Crippen LogP contribution in [0, 0.1) is 5.82 Å². The van der Waals surface area contributed by atoms with Crippen molar-refractivity contribution in [2.75, 3.05) is 11.9 Å². The van der Waals surface area contributed by atoms with Gasteiger partial charge in [-0.3, -0.25) is 0 Å². The van der Waals surface area contributed by atoms with E-state index in [9.17, 15) is 4.39 Å². The quantitative estimate of drug-likeness (QED) is 0.787. The van der Waals surface area contributed by atoms with Crippen molar-refractivity contribution in [1.82, 2.24) is 9.97 Å². The highest BCUT2D eigenvalue weighted by Crippen LogP contribution is 2.21. The molecule has 0 fully saturated rings. The zero-order chi connectivity index (χ0) is 14.2. The summed E-state index contributed by atoms with van der Waals surface area (Å²) in [6, 6.07) is 6.32. The molecule has 0 aliphatic carbocycles. The van der Waals surface area contributed by atoms with E-state index in [0.29, 0.717) is 24.7 Å². The van der Waals surface area contributed by atoms with Gasteiger partial charge in [0.2, 0.25) is 0 Å². The van der Waals surface area contributed by atoms with Gasteiger partial charge in [0.1, 0.15) is 23.7 Å². The fourth-order valence-corrected chi connectivity index (χ4v) is 1.73. The van der Waals surface area contributed by atoms with Crippen molar-refractivity contribution in [3.63, 3.8) is 0 Å². The second-order valence-corrected chi connectivity index (χ2v) is 4.40. The molecular formula is C15H18FN3O. The fourth-order valence-electron chi connectivity index (χ4n) is 1.73. The molecule has 1 aromatic heterocycles. The summed E-state index contributed by atoms with van der Waals surface area (Å²) in [5.41, 5.74) is 0.778. The minimum Gasteiger partial charge on any atom is -0.493 e. The molecule has 5 heteroatoms. The Balaban J connectivity index is 2.03. The molecule has 0 amide bonds. The molecule has 0 saturated heterocycles. The van der Waals surface area contributed by atoms with Gasteiger partial charge in [-0.1, -0.05) is 13.3 Å². The van der Waals surface area contributed by atoms with Gasteiger partial charge in [-0.15, -0.1) is 0 Å². The molecule has 0 aliphatic rings. The maximum Gasteiger partial charge on any atom is 0.129 e. The third kappa shape index (κ3) is 4.19. The summed E-state index contributed by atoms with van der Waals surface area (Å²) in [5.74, 6) is 1.14. The molecule has 106 valence electrons. The number of nitrogens with one attached hydrogen (secondary N) is 1. The van der Waals surface area contributed by atoms with Crippen LogP contribution in [-0.4, -0.2) is 16.6 Å². The van der Waals surface area contributed by atoms with Gasteiger partial charge in [0.15, 0.2) is 0 Å². The smallest absolute Gasteiger partial charge is 0.129 e. The van der Waals surface area contributed by atoms with Crippen molar-refractivity contribution in [3.05, 3.63) is 48.2 Å². The lowest BCUT2D eigenvalue weighted by atomic mass is 10.2. The first-order chi connectivity index (χ1) is 9.79. The molecule has 0 unspecified atom stereocenters. The monoisotopic (exact) mass is 275 g/mol. The predicted octanol–water partition coefficient (Wildman–Crippen LogP) is 3.41. The van der Waals surface area contributed by atoms with Gasteiger partial charge in [-0.05, 0) is 30.7 Å². The molecule has 0 spiro atoms. The minimum absolute atomic E-state index is 0.271. The largest absolute Gasteiger partial charge is 0.493 e. The molecule has 1 heterocycles. The molecule has 0 radical (unpaired) electrons. The maximum absolute atomic E-state index is 13.4. The van der Waals surface area contributed by atoms with Crippen LogP contribution in [-0.2, 0) is 6.54 Å². The lowest BCUT2D eigenvalue weighted by Crippen LogP contribution is -2.06. The summed E-state index contributed by atoms with van der Waals surface area (Å²) in [6.45, 7) is 3.20. The number of ether oxygens (including phenoxy) is 1. The van der Waals surface area contributed by atoms with E-state index in [1.54, 1.807) is 18.3 Å². The molecule has 0 saturated carbocycles. The van der Waals surface area contributed by atoms with E-state index in [0.717, 1.165) is 18.4 Å². The van der Waals surface area contributed by atoms with Crippen LogP contribution < -0.4 is 10.1 Å². The number of aromatic nitrogens is 2. The molecular weight excluding hydrogens is 257 g/mol. The Morgan fingerprint density at radius 3 is 2.95 bits per heavy atom. The number of anilines is 1. The second kappa shape index (κ2) is 7.43. The number of rotatable bonds is 7. The standard InChI is InChI=1S/C15H18FN3O/c1-2-3-8-20-14-5-4-13(16)9-12(14)10-18-15-6-7-17-11-19-15/h4-7,9,11H,2-3,8,10H2,1H3,(H,17,18,19). The Kier molecular flexibility index (Phi) is 5.29. The third-order valence-electron chi connectivity index (χ3n) is 2.82. The Morgan fingerprint density at radius 1 is 1.30 bits per heavy atom. The van der Waals surface area contributed by atoms with E-state index >= 15 is 0 Å². The van der Waals surface area contributed by atoms with Crippen LogP contribution in [0.5, 0.6) is 5.75 Å². The van der Waals surface area contributed by atoms with Gasteiger partial charge < -0.3 is 10.1 Å². The van der Waals surface area contributed by atoms with Crippen molar-refractivity contribution in [3.8, 4) is 5.75 Å². The highest BCUT2D eigenvalue weighted by Gasteiger charge is 2.06. The Morgan fingerprint density at radius 2 is 2.20 bits per heavy atom. The highest BCUT2D eigenvalue weighted by atomic mass is 19.1.